The first-order valence-corrected chi connectivity index (χ1v) is 15.5. The third-order valence-corrected chi connectivity index (χ3v) is 8.13. The second-order valence-corrected chi connectivity index (χ2v) is 12.7. The molecule has 2 N–H and O–H groups in total. The number of aliphatic carboxylic acids is 1. The zero-order valence-electron chi connectivity index (χ0n) is 27.0. The number of rotatable bonds is 13. The van der Waals surface area contributed by atoms with E-state index < -0.39 is 17.6 Å². The van der Waals surface area contributed by atoms with Gasteiger partial charge in [0, 0.05) is 34.3 Å². The lowest BCUT2D eigenvalue weighted by atomic mass is 10.00. The monoisotopic (exact) mass is 600 g/mol. The van der Waals surface area contributed by atoms with Gasteiger partial charge in [-0.1, -0.05) is 57.5 Å². The van der Waals surface area contributed by atoms with Crippen molar-refractivity contribution >= 4 is 22.8 Å². The quantitative estimate of drug-likeness (QED) is 0.161. The van der Waals surface area contributed by atoms with Crippen molar-refractivity contribution < 1.29 is 23.8 Å². The third kappa shape index (κ3) is 7.50. The Morgan fingerprint density at radius 3 is 2.45 bits per heavy atom. The predicted molar refractivity (Wildman–Crippen MR) is 174 cm³/mol. The van der Waals surface area contributed by atoms with Crippen LogP contribution in [0.1, 0.15) is 98.7 Å². The van der Waals surface area contributed by atoms with Gasteiger partial charge in [-0.25, -0.2) is 9.18 Å². The number of ether oxygens (including phenoxy) is 1. The van der Waals surface area contributed by atoms with E-state index >= 15 is 0 Å². The number of carboxylic acid groups (broad SMARTS) is 1. The zero-order chi connectivity index (χ0) is 32.2. The number of unbranched alkanes of at least 4 members (excludes halogenated alkanes) is 1. The number of nitrogens with one attached hydrogen (secondary N) is 1. The van der Waals surface area contributed by atoms with Crippen LogP contribution in [0.5, 0.6) is 5.75 Å². The fraction of sp³-hybridized carbons (Fsp3) is 0.405. The molecule has 6 nitrogen and oxygen atoms in total. The molecule has 44 heavy (non-hydrogen) atoms. The summed E-state index contributed by atoms with van der Waals surface area (Å²) in [7, 11) is 0. The minimum atomic E-state index is -1.35. The summed E-state index contributed by atoms with van der Waals surface area (Å²) >= 11 is 0. The van der Waals surface area contributed by atoms with Crippen LogP contribution in [-0.4, -0.2) is 27.2 Å². The van der Waals surface area contributed by atoms with Gasteiger partial charge in [0.2, 0.25) is 0 Å². The highest BCUT2D eigenvalue weighted by atomic mass is 19.1. The second kappa shape index (κ2) is 13.7. The SMILES string of the molecule is CCCCc1ccc(F)c([C@H](C)NC(=O)c2ccc3c(Cc4cccc(OC(C)(C)C(=O)O)c4)c(C)n(CC(C)C)c3c2)c1. The number of carboxylic acids is 1. The number of aromatic nitrogens is 1. The van der Waals surface area contributed by atoms with Gasteiger partial charge in [0.05, 0.1) is 6.04 Å². The van der Waals surface area contributed by atoms with E-state index in [-0.39, 0.29) is 11.7 Å². The Labute approximate surface area is 260 Å². The van der Waals surface area contributed by atoms with Crippen molar-refractivity contribution in [3.63, 3.8) is 0 Å². The molecule has 0 spiro atoms. The zero-order valence-corrected chi connectivity index (χ0v) is 27.0. The first-order valence-electron chi connectivity index (χ1n) is 15.5. The van der Waals surface area contributed by atoms with Crippen LogP contribution in [-0.2, 0) is 24.2 Å². The van der Waals surface area contributed by atoms with Crippen molar-refractivity contribution in [3.05, 3.63) is 100.0 Å². The van der Waals surface area contributed by atoms with Gasteiger partial charge in [-0.3, -0.25) is 4.79 Å². The van der Waals surface area contributed by atoms with Gasteiger partial charge in [0.15, 0.2) is 5.60 Å². The number of aryl methyl sites for hydroxylation is 1. The van der Waals surface area contributed by atoms with E-state index in [1.807, 2.05) is 55.5 Å². The number of fused-ring (bicyclic) bond motifs is 1. The van der Waals surface area contributed by atoms with Gasteiger partial charge in [-0.15, -0.1) is 0 Å². The molecule has 4 rings (SSSR count). The Morgan fingerprint density at radius 1 is 1.02 bits per heavy atom. The molecule has 0 bridgehead atoms. The summed E-state index contributed by atoms with van der Waals surface area (Å²) in [5.41, 5.74) is 4.96. The maximum absolute atomic E-state index is 14.8. The molecule has 1 atom stereocenters. The normalized spacial score (nSPS) is 12.5. The molecule has 0 fully saturated rings. The minimum absolute atomic E-state index is 0.250. The van der Waals surface area contributed by atoms with Gasteiger partial charge in [0.1, 0.15) is 11.6 Å². The summed E-state index contributed by atoms with van der Waals surface area (Å²) in [4.78, 5) is 25.0. The number of hydrogen-bond donors (Lipinski definition) is 2. The predicted octanol–water partition coefficient (Wildman–Crippen LogP) is 8.41. The fourth-order valence-corrected chi connectivity index (χ4v) is 5.59. The van der Waals surface area contributed by atoms with Crippen molar-refractivity contribution in [2.24, 2.45) is 5.92 Å². The Kier molecular flexibility index (Phi) is 10.2. The Balaban J connectivity index is 1.64. The average molecular weight is 601 g/mol. The molecule has 0 saturated carbocycles. The molecule has 1 heterocycles. The highest BCUT2D eigenvalue weighted by Crippen LogP contribution is 2.31. The van der Waals surface area contributed by atoms with Crippen molar-refractivity contribution in [3.8, 4) is 5.75 Å². The number of carbonyl (C=O) groups excluding carboxylic acids is 1. The largest absolute Gasteiger partial charge is 0.478 e. The number of amides is 1. The molecule has 0 unspecified atom stereocenters. The summed E-state index contributed by atoms with van der Waals surface area (Å²) in [6.07, 6.45) is 3.60. The molecule has 0 radical (unpaired) electrons. The van der Waals surface area contributed by atoms with Crippen LogP contribution in [0.3, 0.4) is 0 Å². The fourth-order valence-electron chi connectivity index (χ4n) is 5.59. The Hall–Kier alpha value is -4.13. The van der Waals surface area contributed by atoms with Crippen molar-refractivity contribution in [1.82, 2.24) is 9.88 Å². The van der Waals surface area contributed by atoms with Crippen molar-refractivity contribution in [2.45, 2.75) is 92.3 Å². The number of nitrogens with zero attached hydrogens (tertiary/aromatic N) is 1. The summed E-state index contributed by atoms with van der Waals surface area (Å²) in [5, 5.41) is 13.5. The minimum Gasteiger partial charge on any atom is -0.478 e. The molecule has 0 aliphatic carbocycles. The van der Waals surface area contributed by atoms with E-state index in [0.717, 1.165) is 59.1 Å². The molecule has 1 aromatic heterocycles. The van der Waals surface area contributed by atoms with E-state index in [1.54, 1.807) is 6.07 Å². The smallest absolute Gasteiger partial charge is 0.347 e. The summed E-state index contributed by atoms with van der Waals surface area (Å²) in [5.74, 6) is -0.720. The van der Waals surface area contributed by atoms with Crippen LogP contribution in [0.4, 0.5) is 4.39 Å². The van der Waals surface area contributed by atoms with Gasteiger partial charge in [-0.05, 0) is 99.9 Å². The van der Waals surface area contributed by atoms with E-state index in [9.17, 15) is 19.1 Å². The number of benzene rings is 3. The Bertz CT molecular complexity index is 1650. The van der Waals surface area contributed by atoms with Crippen molar-refractivity contribution in [1.29, 1.82) is 0 Å². The lowest BCUT2D eigenvalue weighted by molar-refractivity contribution is -0.152. The highest BCUT2D eigenvalue weighted by Gasteiger charge is 2.29. The van der Waals surface area contributed by atoms with Crippen LogP contribution in [0.25, 0.3) is 10.9 Å². The number of carbonyl (C=O) groups is 2. The van der Waals surface area contributed by atoms with Crippen LogP contribution >= 0.6 is 0 Å². The topological polar surface area (TPSA) is 80.6 Å². The maximum atomic E-state index is 14.8. The molecular weight excluding hydrogens is 555 g/mol. The van der Waals surface area contributed by atoms with Gasteiger partial charge >= 0.3 is 5.97 Å². The summed E-state index contributed by atoms with van der Waals surface area (Å²) in [6.45, 7) is 14.2. The molecule has 234 valence electrons. The molecular formula is C37H45FN2O4. The average Bonchev–Trinajstić information content (AvgIpc) is 3.21. The van der Waals surface area contributed by atoms with Crippen LogP contribution in [0, 0.1) is 18.7 Å². The van der Waals surface area contributed by atoms with E-state index in [0.29, 0.717) is 29.2 Å². The van der Waals surface area contributed by atoms with E-state index in [2.05, 4.69) is 37.6 Å². The molecule has 3 aromatic carbocycles. The first-order chi connectivity index (χ1) is 20.8. The standard InChI is InChI=1S/C37H45FN2O4/c1-8-9-11-26-14-17-33(38)31(19-26)24(4)39-35(41)28-15-16-30-32(25(5)40(22-23(2)3)34(30)21-28)20-27-12-10-13-29(18-27)44-37(6,7)36(42)43/h10,12-19,21,23-24H,8-9,11,20,22H2,1-7H3,(H,39,41)(H,42,43)/t24-/m0/s1. The lowest BCUT2D eigenvalue weighted by Crippen LogP contribution is -2.37. The van der Waals surface area contributed by atoms with E-state index in [4.69, 9.17) is 4.74 Å². The first kappa shape index (κ1) is 32.8. The molecule has 0 saturated heterocycles. The number of halogens is 1. The lowest BCUT2D eigenvalue weighted by Gasteiger charge is -2.21. The van der Waals surface area contributed by atoms with Crippen LogP contribution < -0.4 is 10.1 Å². The van der Waals surface area contributed by atoms with Gasteiger partial charge < -0.3 is 19.7 Å². The van der Waals surface area contributed by atoms with Crippen LogP contribution in [0.2, 0.25) is 0 Å². The molecule has 0 aliphatic rings. The van der Waals surface area contributed by atoms with E-state index in [1.165, 1.54) is 19.9 Å². The molecule has 1 amide bonds. The van der Waals surface area contributed by atoms with Crippen LogP contribution in [0.15, 0.2) is 60.7 Å². The van der Waals surface area contributed by atoms with Gasteiger partial charge in [0.25, 0.3) is 5.91 Å². The number of hydrogen-bond acceptors (Lipinski definition) is 3. The summed E-state index contributed by atoms with van der Waals surface area (Å²) < 4.78 is 22.8. The molecule has 4 aromatic rings. The van der Waals surface area contributed by atoms with Crippen molar-refractivity contribution in [2.75, 3.05) is 0 Å². The maximum Gasteiger partial charge on any atom is 0.347 e. The molecule has 0 aliphatic heterocycles. The molecule has 7 heteroatoms. The van der Waals surface area contributed by atoms with Gasteiger partial charge in [-0.2, -0.15) is 0 Å². The Morgan fingerprint density at radius 2 is 1.77 bits per heavy atom. The highest BCUT2D eigenvalue weighted by molar-refractivity contribution is 5.99. The summed E-state index contributed by atoms with van der Waals surface area (Å²) in [6, 6.07) is 18.0. The third-order valence-electron chi connectivity index (χ3n) is 8.13. The second-order valence-electron chi connectivity index (χ2n) is 12.7.